The molecule has 0 radical (unpaired) electrons. The van der Waals surface area contributed by atoms with E-state index in [1.165, 1.54) is 21.0 Å². The van der Waals surface area contributed by atoms with Crippen LogP contribution in [0, 0.1) is 0 Å². The second-order valence-electron chi connectivity index (χ2n) is 6.68. The van der Waals surface area contributed by atoms with E-state index in [-0.39, 0.29) is 24.3 Å². The number of benzene rings is 2. The molecule has 2 unspecified atom stereocenters. The summed E-state index contributed by atoms with van der Waals surface area (Å²) in [5, 5.41) is 5.63. The average molecular weight is 398 g/mol. The zero-order valence-electron chi connectivity index (χ0n) is 17.0. The highest BCUT2D eigenvalue weighted by Crippen LogP contribution is 2.28. The minimum Gasteiger partial charge on any atom is -0.493 e. The largest absolute Gasteiger partial charge is 0.493 e. The molecular weight excluding hydrogens is 372 g/mol. The lowest BCUT2D eigenvalue weighted by Crippen LogP contribution is -2.47. The highest BCUT2D eigenvalue weighted by molar-refractivity contribution is 5.87. The van der Waals surface area contributed by atoms with Crippen LogP contribution in [0.25, 0.3) is 0 Å². The molecule has 2 atom stereocenters. The first-order chi connectivity index (χ1) is 13.8. The zero-order valence-corrected chi connectivity index (χ0v) is 17.0. The Morgan fingerprint density at radius 3 is 2.24 bits per heavy atom. The van der Waals surface area contributed by atoms with Gasteiger partial charge in [0.15, 0.2) is 11.5 Å². The smallest absolute Gasteiger partial charge is 0.308 e. The Hall–Kier alpha value is -3.35. The van der Waals surface area contributed by atoms with E-state index >= 15 is 0 Å². The van der Waals surface area contributed by atoms with Crippen molar-refractivity contribution in [3.05, 3.63) is 59.7 Å². The summed E-state index contributed by atoms with van der Waals surface area (Å²) in [4.78, 5) is 35.6. The quantitative estimate of drug-likeness (QED) is 0.526. The van der Waals surface area contributed by atoms with Crippen molar-refractivity contribution >= 4 is 17.8 Å². The maximum atomic E-state index is 12.8. The van der Waals surface area contributed by atoms with Crippen molar-refractivity contribution in [3.63, 3.8) is 0 Å². The highest BCUT2D eigenvalue weighted by Gasteiger charge is 2.22. The molecular formula is C22H26N2O5. The molecule has 2 N–H and O–H groups in total. The van der Waals surface area contributed by atoms with E-state index < -0.39 is 12.0 Å². The summed E-state index contributed by atoms with van der Waals surface area (Å²) in [6, 6.07) is 13.6. The molecule has 2 amide bonds. The van der Waals surface area contributed by atoms with Crippen LogP contribution in [0.4, 0.5) is 0 Å². The van der Waals surface area contributed by atoms with Crippen molar-refractivity contribution in [2.45, 2.75) is 39.3 Å². The van der Waals surface area contributed by atoms with Gasteiger partial charge >= 0.3 is 5.97 Å². The molecule has 0 fully saturated rings. The van der Waals surface area contributed by atoms with Crippen LogP contribution >= 0.6 is 0 Å². The lowest BCUT2D eigenvalue weighted by Gasteiger charge is -2.21. The van der Waals surface area contributed by atoms with Gasteiger partial charge in [-0.05, 0) is 30.2 Å². The van der Waals surface area contributed by atoms with Gasteiger partial charge in [-0.1, -0.05) is 36.4 Å². The van der Waals surface area contributed by atoms with Gasteiger partial charge in [0, 0.05) is 20.3 Å². The highest BCUT2D eigenvalue weighted by atomic mass is 16.6. The van der Waals surface area contributed by atoms with Gasteiger partial charge in [0.2, 0.25) is 11.8 Å². The van der Waals surface area contributed by atoms with Crippen LogP contribution in [-0.4, -0.2) is 30.9 Å². The fourth-order valence-electron chi connectivity index (χ4n) is 2.91. The fourth-order valence-corrected chi connectivity index (χ4v) is 2.91. The SMILES string of the molecule is COc1cc(CC(NC(C)=O)C(=O)NC(C)c2ccccc2)ccc1OC(C)=O. The number of methoxy groups -OCH3 is 1. The van der Waals surface area contributed by atoms with Gasteiger partial charge in [-0.25, -0.2) is 0 Å². The first-order valence-electron chi connectivity index (χ1n) is 9.28. The summed E-state index contributed by atoms with van der Waals surface area (Å²) in [5.41, 5.74) is 1.72. The van der Waals surface area contributed by atoms with E-state index in [0.29, 0.717) is 11.5 Å². The van der Waals surface area contributed by atoms with Gasteiger partial charge in [0.25, 0.3) is 0 Å². The molecule has 2 aromatic rings. The summed E-state index contributed by atoms with van der Waals surface area (Å²) in [5.74, 6) is -0.388. The molecule has 154 valence electrons. The van der Waals surface area contributed by atoms with Crippen molar-refractivity contribution in [1.82, 2.24) is 10.6 Å². The van der Waals surface area contributed by atoms with Crippen molar-refractivity contribution in [1.29, 1.82) is 0 Å². The lowest BCUT2D eigenvalue weighted by molar-refractivity contribution is -0.132. The molecule has 0 spiro atoms. The molecule has 0 aromatic heterocycles. The maximum absolute atomic E-state index is 12.8. The second kappa shape index (κ2) is 10.3. The summed E-state index contributed by atoms with van der Waals surface area (Å²) in [6.45, 7) is 4.55. The number of esters is 1. The zero-order chi connectivity index (χ0) is 21.4. The van der Waals surface area contributed by atoms with Crippen LogP contribution < -0.4 is 20.1 Å². The molecule has 29 heavy (non-hydrogen) atoms. The molecule has 0 saturated carbocycles. The van der Waals surface area contributed by atoms with Gasteiger partial charge < -0.3 is 20.1 Å². The molecule has 0 saturated heterocycles. The summed E-state index contributed by atoms with van der Waals surface area (Å²) in [7, 11) is 1.46. The number of rotatable bonds is 8. The Morgan fingerprint density at radius 1 is 0.966 bits per heavy atom. The third-order valence-corrected chi connectivity index (χ3v) is 4.27. The van der Waals surface area contributed by atoms with Crippen molar-refractivity contribution < 1.29 is 23.9 Å². The fraction of sp³-hybridized carbons (Fsp3) is 0.318. The van der Waals surface area contributed by atoms with Crippen molar-refractivity contribution in [3.8, 4) is 11.5 Å². The average Bonchev–Trinajstić information content (AvgIpc) is 2.68. The van der Waals surface area contributed by atoms with Crippen LogP contribution in [0.5, 0.6) is 11.5 Å². The Kier molecular flexibility index (Phi) is 7.77. The molecule has 2 rings (SSSR count). The van der Waals surface area contributed by atoms with E-state index in [1.807, 2.05) is 37.3 Å². The molecule has 0 aliphatic heterocycles. The number of carbonyl (C=O) groups excluding carboxylic acids is 3. The number of hydrogen-bond donors (Lipinski definition) is 2. The third kappa shape index (κ3) is 6.64. The van der Waals surface area contributed by atoms with E-state index in [4.69, 9.17) is 9.47 Å². The number of amides is 2. The number of carbonyl (C=O) groups is 3. The van der Waals surface area contributed by atoms with Crippen LogP contribution in [0.15, 0.2) is 48.5 Å². The lowest BCUT2D eigenvalue weighted by atomic mass is 10.0. The summed E-state index contributed by atoms with van der Waals surface area (Å²) >= 11 is 0. The Bertz CT molecular complexity index is 867. The third-order valence-electron chi connectivity index (χ3n) is 4.27. The number of nitrogens with one attached hydrogen (secondary N) is 2. The van der Waals surface area contributed by atoms with Crippen LogP contribution in [0.1, 0.15) is 37.9 Å². The number of hydrogen-bond acceptors (Lipinski definition) is 5. The summed E-state index contributed by atoms with van der Waals surface area (Å²) in [6.07, 6.45) is 0.254. The van der Waals surface area contributed by atoms with Crippen LogP contribution in [0.3, 0.4) is 0 Å². The van der Waals surface area contributed by atoms with Gasteiger partial charge in [-0.3, -0.25) is 14.4 Å². The minimum absolute atomic E-state index is 0.208. The normalized spacial score (nSPS) is 12.4. The molecule has 0 aliphatic carbocycles. The van der Waals surface area contributed by atoms with E-state index in [1.54, 1.807) is 18.2 Å². The molecule has 7 heteroatoms. The topological polar surface area (TPSA) is 93.7 Å². The summed E-state index contributed by atoms with van der Waals surface area (Å²) < 4.78 is 10.4. The second-order valence-corrected chi connectivity index (χ2v) is 6.68. The first-order valence-corrected chi connectivity index (χ1v) is 9.28. The molecule has 0 heterocycles. The Morgan fingerprint density at radius 2 is 1.66 bits per heavy atom. The van der Waals surface area contributed by atoms with E-state index in [0.717, 1.165) is 11.1 Å². The Balaban J connectivity index is 2.16. The molecule has 7 nitrogen and oxygen atoms in total. The van der Waals surface area contributed by atoms with Gasteiger partial charge in [-0.2, -0.15) is 0 Å². The monoisotopic (exact) mass is 398 g/mol. The van der Waals surface area contributed by atoms with E-state index in [2.05, 4.69) is 10.6 Å². The molecule has 0 bridgehead atoms. The first kappa shape index (κ1) is 21.9. The van der Waals surface area contributed by atoms with Gasteiger partial charge in [0.1, 0.15) is 6.04 Å². The Labute approximate surface area is 170 Å². The standard InChI is InChI=1S/C22H26N2O5/c1-14(18-8-6-5-7-9-18)23-22(27)19(24-15(2)25)12-17-10-11-20(29-16(3)26)21(13-17)28-4/h5-11,13-14,19H,12H2,1-4H3,(H,23,27)(H,24,25). The van der Waals surface area contributed by atoms with E-state index in [9.17, 15) is 14.4 Å². The maximum Gasteiger partial charge on any atom is 0.308 e. The minimum atomic E-state index is -0.761. The van der Waals surface area contributed by atoms with Crippen LogP contribution in [-0.2, 0) is 20.8 Å². The van der Waals surface area contributed by atoms with Gasteiger partial charge in [-0.15, -0.1) is 0 Å². The van der Waals surface area contributed by atoms with Crippen molar-refractivity contribution in [2.24, 2.45) is 0 Å². The predicted molar refractivity (Wildman–Crippen MR) is 109 cm³/mol. The predicted octanol–water partition coefficient (Wildman–Crippen LogP) is 2.55. The van der Waals surface area contributed by atoms with Gasteiger partial charge in [0.05, 0.1) is 13.2 Å². The number of ether oxygens (including phenoxy) is 2. The van der Waals surface area contributed by atoms with Crippen LogP contribution in [0.2, 0.25) is 0 Å². The van der Waals surface area contributed by atoms with Crippen molar-refractivity contribution in [2.75, 3.05) is 7.11 Å². The molecule has 0 aliphatic rings. The molecule has 2 aromatic carbocycles.